The predicted octanol–water partition coefficient (Wildman–Crippen LogP) is 4.90. The molecule has 1 fully saturated rings. The highest BCUT2D eigenvalue weighted by Gasteiger charge is 2.47. The summed E-state index contributed by atoms with van der Waals surface area (Å²) < 4.78 is 0. The summed E-state index contributed by atoms with van der Waals surface area (Å²) in [4.78, 5) is 10.7. The maximum absolute atomic E-state index is 10.7. The maximum atomic E-state index is 10.7. The zero-order valence-corrected chi connectivity index (χ0v) is 12.7. The number of aldehydes is 1. The third-order valence-electron chi connectivity index (χ3n) is 4.85. The lowest BCUT2D eigenvalue weighted by Crippen LogP contribution is -2.45. The predicted molar refractivity (Wildman–Crippen MR) is 85.3 cm³/mol. The fourth-order valence-corrected chi connectivity index (χ4v) is 3.30. The van der Waals surface area contributed by atoms with Crippen LogP contribution in [0.1, 0.15) is 39.2 Å². The van der Waals surface area contributed by atoms with Crippen LogP contribution in [0.2, 0.25) is 0 Å². The van der Waals surface area contributed by atoms with Gasteiger partial charge in [0.25, 0.3) is 0 Å². The van der Waals surface area contributed by atoms with Gasteiger partial charge < -0.3 is 4.79 Å². The summed E-state index contributed by atoms with van der Waals surface area (Å²) in [5, 5.41) is 0. The standard InChI is InChI=1S/C19H24O/c1-15(8-7-11-16-9-5-4-6-10-16)18-14-17(12-13-20)19(18,2)3/h4-11,13,17-18H,12,14H2,1-3H3/b11-7+,15-8-/t17-,18-/m1/s1. The zero-order valence-electron chi connectivity index (χ0n) is 12.7. The SMILES string of the molecule is C/C(=C/C=C/c1ccccc1)[C@H]1C[C@@H](CC=O)C1(C)C. The van der Waals surface area contributed by atoms with Crippen molar-refractivity contribution < 1.29 is 4.79 Å². The van der Waals surface area contributed by atoms with Gasteiger partial charge in [-0.2, -0.15) is 0 Å². The van der Waals surface area contributed by atoms with Crippen molar-refractivity contribution in [1.29, 1.82) is 0 Å². The van der Waals surface area contributed by atoms with Gasteiger partial charge in [0.1, 0.15) is 6.29 Å². The van der Waals surface area contributed by atoms with Crippen LogP contribution in [0.3, 0.4) is 0 Å². The summed E-state index contributed by atoms with van der Waals surface area (Å²) in [7, 11) is 0. The highest BCUT2D eigenvalue weighted by atomic mass is 16.1. The van der Waals surface area contributed by atoms with Gasteiger partial charge in [0.15, 0.2) is 0 Å². The van der Waals surface area contributed by atoms with Gasteiger partial charge in [-0.25, -0.2) is 0 Å². The van der Waals surface area contributed by atoms with Gasteiger partial charge in [-0.1, -0.05) is 68.0 Å². The smallest absolute Gasteiger partial charge is 0.120 e. The number of hydrogen-bond donors (Lipinski definition) is 0. The van der Waals surface area contributed by atoms with Crippen LogP contribution in [-0.2, 0) is 4.79 Å². The molecule has 1 aromatic carbocycles. The lowest BCUT2D eigenvalue weighted by Gasteiger charge is -2.52. The third kappa shape index (κ3) is 3.09. The van der Waals surface area contributed by atoms with E-state index in [2.05, 4.69) is 63.3 Å². The van der Waals surface area contributed by atoms with E-state index >= 15 is 0 Å². The van der Waals surface area contributed by atoms with Crippen molar-refractivity contribution in [3.8, 4) is 0 Å². The maximum Gasteiger partial charge on any atom is 0.120 e. The molecule has 2 rings (SSSR count). The number of benzene rings is 1. The molecule has 0 heterocycles. The molecule has 20 heavy (non-hydrogen) atoms. The molecular weight excluding hydrogens is 244 g/mol. The van der Waals surface area contributed by atoms with E-state index < -0.39 is 0 Å². The summed E-state index contributed by atoms with van der Waals surface area (Å²) in [6, 6.07) is 10.3. The first kappa shape index (κ1) is 14.8. The van der Waals surface area contributed by atoms with Crippen molar-refractivity contribution in [3.05, 3.63) is 53.6 Å². The Morgan fingerprint density at radius 2 is 2.00 bits per heavy atom. The third-order valence-corrected chi connectivity index (χ3v) is 4.85. The molecule has 0 radical (unpaired) electrons. The van der Waals surface area contributed by atoms with Gasteiger partial charge in [0.05, 0.1) is 0 Å². The molecule has 1 saturated carbocycles. The van der Waals surface area contributed by atoms with Gasteiger partial charge in [0.2, 0.25) is 0 Å². The Morgan fingerprint density at radius 1 is 1.30 bits per heavy atom. The average Bonchev–Trinajstić information content (AvgIpc) is 2.44. The van der Waals surface area contributed by atoms with Crippen LogP contribution in [0.5, 0.6) is 0 Å². The molecule has 0 aromatic heterocycles. The minimum absolute atomic E-state index is 0.252. The second-order valence-electron chi connectivity index (χ2n) is 6.39. The van der Waals surface area contributed by atoms with Gasteiger partial charge >= 0.3 is 0 Å². The van der Waals surface area contributed by atoms with Crippen molar-refractivity contribution in [2.45, 2.75) is 33.6 Å². The Morgan fingerprint density at radius 3 is 2.60 bits per heavy atom. The molecule has 0 saturated heterocycles. The molecule has 1 aliphatic carbocycles. The largest absolute Gasteiger partial charge is 0.303 e. The molecule has 2 atom stereocenters. The molecule has 1 heteroatoms. The van der Waals surface area contributed by atoms with Crippen molar-refractivity contribution >= 4 is 12.4 Å². The molecule has 0 N–H and O–H groups in total. The summed E-state index contributed by atoms with van der Waals surface area (Å²) in [5.41, 5.74) is 2.90. The number of carbonyl (C=O) groups excluding carboxylic acids is 1. The van der Waals surface area contributed by atoms with E-state index in [0.29, 0.717) is 18.3 Å². The Bertz CT molecular complexity index is 508. The van der Waals surface area contributed by atoms with Crippen LogP contribution in [-0.4, -0.2) is 6.29 Å². The Balaban J connectivity index is 1.98. The fourth-order valence-electron chi connectivity index (χ4n) is 3.30. The zero-order chi connectivity index (χ0) is 14.6. The topological polar surface area (TPSA) is 17.1 Å². The Labute approximate surface area is 122 Å². The minimum Gasteiger partial charge on any atom is -0.303 e. The van der Waals surface area contributed by atoms with Crippen LogP contribution < -0.4 is 0 Å². The lowest BCUT2D eigenvalue weighted by molar-refractivity contribution is -0.112. The van der Waals surface area contributed by atoms with Crippen molar-refractivity contribution in [2.75, 3.05) is 0 Å². The molecule has 1 nitrogen and oxygen atoms in total. The molecule has 0 amide bonds. The van der Waals surface area contributed by atoms with E-state index in [1.54, 1.807) is 0 Å². The quantitative estimate of drug-likeness (QED) is 0.548. The van der Waals surface area contributed by atoms with E-state index in [9.17, 15) is 4.79 Å². The molecule has 0 bridgehead atoms. The summed E-state index contributed by atoms with van der Waals surface area (Å²) >= 11 is 0. The van der Waals surface area contributed by atoms with Crippen LogP contribution in [0.15, 0.2) is 48.1 Å². The molecule has 0 unspecified atom stereocenters. The minimum atomic E-state index is 0.252. The average molecular weight is 268 g/mol. The van der Waals surface area contributed by atoms with Crippen molar-refractivity contribution in [3.63, 3.8) is 0 Å². The van der Waals surface area contributed by atoms with E-state index in [-0.39, 0.29) is 5.41 Å². The first-order chi connectivity index (χ1) is 9.55. The number of rotatable bonds is 5. The number of carbonyl (C=O) groups is 1. The summed E-state index contributed by atoms with van der Waals surface area (Å²) in [6.45, 7) is 6.78. The summed E-state index contributed by atoms with van der Waals surface area (Å²) in [6.07, 6.45) is 9.41. The molecule has 0 aliphatic heterocycles. The van der Waals surface area contributed by atoms with Crippen LogP contribution >= 0.6 is 0 Å². The van der Waals surface area contributed by atoms with Crippen LogP contribution in [0.4, 0.5) is 0 Å². The number of allylic oxidation sites excluding steroid dienone is 3. The van der Waals surface area contributed by atoms with Gasteiger partial charge in [-0.3, -0.25) is 0 Å². The molecular formula is C19H24O. The first-order valence-corrected chi connectivity index (χ1v) is 7.39. The Hall–Kier alpha value is -1.63. The van der Waals surface area contributed by atoms with E-state index in [0.717, 1.165) is 12.7 Å². The highest BCUT2D eigenvalue weighted by Crippen LogP contribution is 2.55. The van der Waals surface area contributed by atoms with Crippen molar-refractivity contribution in [1.82, 2.24) is 0 Å². The second kappa shape index (κ2) is 6.21. The Kier molecular flexibility index (Phi) is 4.59. The van der Waals surface area contributed by atoms with Gasteiger partial charge in [-0.05, 0) is 36.2 Å². The monoisotopic (exact) mass is 268 g/mol. The van der Waals surface area contributed by atoms with E-state index in [4.69, 9.17) is 0 Å². The molecule has 0 spiro atoms. The summed E-state index contributed by atoms with van der Waals surface area (Å²) in [5.74, 6) is 1.15. The number of hydrogen-bond acceptors (Lipinski definition) is 1. The van der Waals surface area contributed by atoms with Gasteiger partial charge in [0, 0.05) is 6.42 Å². The molecule has 106 valence electrons. The van der Waals surface area contributed by atoms with Crippen molar-refractivity contribution in [2.24, 2.45) is 17.3 Å². The first-order valence-electron chi connectivity index (χ1n) is 7.39. The highest BCUT2D eigenvalue weighted by molar-refractivity contribution is 5.52. The molecule has 1 aromatic rings. The normalized spacial score (nSPS) is 25.4. The molecule has 1 aliphatic rings. The van der Waals surface area contributed by atoms with Crippen LogP contribution in [0.25, 0.3) is 6.08 Å². The fraction of sp³-hybridized carbons (Fsp3) is 0.421. The van der Waals surface area contributed by atoms with E-state index in [1.165, 1.54) is 11.1 Å². The van der Waals surface area contributed by atoms with Crippen LogP contribution in [0, 0.1) is 17.3 Å². The van der Waals surface area contributed by atoms with E-state index in [1.807, 2.05) is 6.07 Å². The van der Waals surface area contributed by atoms with Gasteiger partial charge in [-0.15, -0.1) is 0 Å². The lowest BCUT2D eigenvalue weighted by atomic mass is 9.52. The second-order valence-corrected chi connectivity index (χ2v) is 6.39.